The first kappa shape index (κ1) is 19.8. The fourth-order valence-electron chi connectivity index (χ4n) is 5.04. The van der Waals surface area contributed by atoms with Crippen LogP contribution in [0.4, 0.5) is 0 Å². The summed E-state index contributed by atoms with van der Waals surface area (Å²) < 4.78 is 0.980. The maximum absolute atomic E-state index is 13.6. The van der Waals surface area contributed by atoms with E-state index in [1.54, 1.807) is 16.2 Å². The lowest BCUT2D eigenvalue weighted by Gasteiger charge is -2.47. The summed E-state index contributed by atoms with van der Waals surface area (Å²) in [4.78, 5) is 35.3. The number of aromatic nitrogens is 1. The fraction of sp³-hybridized carbons (Fsp3) is 0.200. The standard InChI is InChI=1S/C25H20BrN3O2S/c26-16-9-7-15(8-10-16)24-23-19(18-5-1-2-6-20(18)27-23)12-21-25(31)28(14-22(30)29(21)24)13-17-4-3-11-32-17/h1-11,21,24,27H,12-14H2/t21-,24-/m0/s1. The van der Waals surface area contributed by atoms with Gasteiger partial charge in [0, 0.05) is 32.4 Å². The number of H-pyrrole nitrogens is 1. The summed E-state index contributed by atoms with van der Waals surface area (Å²) in [7, 11) is 0. The smallest absolute Gasteiger partial charge is 0.246 e. The first-order valence-electron chi connectivity index (χ1n) is 10.6. The largest absolute Gasteiger partial charge is 0.356 e. The van der Waals surface area contributed by atoms with Gasteiger partial charge in [-0.1, -0.05) is 52.3 Å². The van der Waals surface area contributed by atoms with Gasteiger partial charge in [-0.25, -0.2) is 0 Å². The lowest BCUT2D eigenvalue weighted by Crippen LogP contribution is -2.62. The number of carbonyl (C=O) groups is 2. The Morgan fingerprint density at radius 1 is 1.03 bits per heavy atom. The van der Waals surface area contributed by atoms with Gasteiger partial charge in [0.25, 0.3) is 0 Å². The summed E-state index contributed by atoms with van der Waals surface area (Å²) >= 11 is 5.12. The van der Waals surface area contributed by atoms with Crippen molar-refractivity contribution in [3.05, 3.63) is 92.2 Å². The van der Waals surface area contributed by atoms with E-state index in [1.807, 2.05) is 58.8 Å². The van der Waals surface area contributed by atoms with Crippen molar-refractivity contribution in [1.29, 1.82) is 0 Å². The average molecular weight is 506 g/mol. The first-order valence-corrected chi connectivity index (χ1v) is 12.2. The molecule has 0 saturated carbocycles. The Bertz CT molecular complexity index is 1330. The Balaban J connectivity index is 1.48. The number of amides is 2. The van der Waals surface area contributed by atoms with E-state index in [0.29, 0.717) is 13.0 Å². The SMILES string of the molecule is O=C1[C@@H]2Cc3c([nH]c4ccccc34)[C@H](c3ccc(Br)cc3)N2C(=O)CN1Cc1cccs1. The zero-order valence-electron chi connectivity index (χ0n) is 17.1. The van der Waals surface area contributed by atoms with Crippen LogP contribution >= 0.6 is 27.3 Å². The molecule has 2 aliphatic heterocycles. The van der Waals surface area contributed by atoms with Crippen molar-refractivity contribution < 1.29 is 9.59 Å². The summed E-state index contributed by atoms with van der Waals surface area (Å²) in [5.41, 5.74) is 4.18. The number of hydrogen-bond donors (Lipinski definition) is 1. The molecule has 2 atom stereocenters. The summed E-state index contributed by atoms with van der Waals surface area (Å²) in [6.07, 6.45) is 0.526. The third-order valence-corrected chi connectivity index (χ3v) is 7.84. The predicted molar refractivity (Wildman–Crippen MR) is 128 cm³/mol. The molecule has 6 rings (SSSR count). The van der Waals surface area contributed by atoms with Gasteiger partial charge in [-0.2, -0.15) is 0 Å². The quantitative estimate of drug-likeness (QED) is 0.431. The third kappa shape index (κ3) is 3.11. The van der Waals surface area contributed by atoms with Crippen molar-refractivity contribution in [2.45, 2.75) is 25.0 Å². The van der Waals surface area contributed by atoms with E-state index in [0.717, 1.165) is 37.1 Å². The van der Waals surface area contributed by atoms with E-state index in [4.69, 9.17) is 0 Å². The second-order valence-electron chi connectivity index (χ2n) is 8.31. The molecule has 4 heterocycles. The number of carbonyl (C=O) groups excluding carboxylic acids is 2. The minimum atomic E-state index is -0.503. The van der Waals surface area contributed by atoms with E-state index in [9.17, 15) is 9.59 Å². The number of rotatable bonds is 3. The number of halogens is 1. The summed E-state index contributed by atoms with van der Waals surface area (Å²) in [5.74, 6) is 0.0134. The number of benzene rings is 2. The molecule has 0 radical (unpaired) electrons. The van der Waals surface area contributed by atoms with Crippen molar-refractivity contribution in [3.8, 4) is 0 Å². The molecule has 0 unspecified atom stereocenters. The first-order chi connectivity index (χ1) is 15.6. The van der Waals surface area contributed by atoms with E-state index in [1.165, 1.54) is 0 Å². The van der Waals surface area contributed by atoms with Crippen molar-refractivity contribution in [3.63, 3.8) is 0 Å². The molecule has 1 N–H and O–H groups in total. The van der Waals surface area contributed by atoms with Crippen LogP contribution in [-0.2, 0) is 22.6 Å². The van der Waals surface area contributed by atoms with E-state index in [2.05, 4.69) is 33.0 Å². The van der Waals surface area contributed by atoms with Crippen molar-refractivity contribution in [1.82, 2.24) is 14.8 Å². The maximum atomic E-state index is 13.6. The number of fused-ring (bicyclic) bond motifs is 4. The zero-order valence-corrected chi connectivity index (χ0v) is 19.5. The van der Waals surface area contributed by atoms with Crippen LogP contribution in [0.25, 0.3) is 10.9 Å². The Labute approximate surface area is 197 Å². The van der Waals surface area contributed by atoms with Crippen LogP contribution in [0.15, 0.2) is 70.5 Å². The lowest BCUT2D eigenvalue weighted by atomic mass is 9.86. The van der Waals surface area contributed by atoms with Crippen LogP contribution in [0.3, 0.4) is 0 Å². The summed E-state index contributed by atoms with van der Waals surface area (Å²) in [6, 6.07) is 19.4. The molecule has 0 spiro atoms. The van der Waals surface area contributed by atoms with E-state index >= 15 is 0 Å². The van der Waals surface area contributed by atoms with E-state index < -0.39 is 6.04 Å². The Kier molecular flexibility index (Phi) is 4.69. The molecule has 4 aromatic rings. The Hall–Kier alpha value is -2.90. The van der Waals surface area contributed by atoms with Gasteiger partial charge >= 0.3 is 0 Å². The monoisotopic (exact) mass is 505 g/mol. The molecule has 7 heteroatoms. The topological polar surface area (TPSA) is 56.4 Å². The Morgan fingerprint density at radius 2 is 1.84 bits per heavy atom. The van der Waals surface area contributed by atoms with Gasteiger partial charge in [0.05, 0.1) is 12.6 Å². The van der Waals surface area contributed by atoms with Crippen LogP contribution in [-0.4, -0.2) is 39.2 Å². The molecule has 2 amide bonds. The van der Waals surface area contributed by atoms with Gasteiger partial charge in [-0.3, -0.25) is 9.59 Å². The van der Waals surface area contributed by atoms with Gasteiger partial charge in [0.15, 0.2) is 0 Å². The molecule has 0 bridgehead atoms. The van der Waals surface area contributed by atoms with Gasteiger partial charge < -0.3 is 14.8 Å². The molecule has 32 heavy (non-hydrogen) atoms. The number of aromatic amines is 1. The second kappa shape index (κ2) is 7.60. The molecule has 0 aliphatic carbocycles. The van der Waals surface area contributed by atoms with Gasteiger partial charge in [0.2, 0.25) is 11.8 Å². The highest BCUT2D eigenvalue weighted by Gasteiger charge is 2.48. The number of piperazine rings is 1. The normalized spacial score (nSPS) is 20.5. The lowest BCUT2D eigenvalue weighted by molar-refractivity contribution is -0.159. The van der Waals surface area contributed by atoms with Crippen LogP contribution in [0, 0.1) is 0 Å². The number of hydrogen-bond acceptors (Lipinski definition) is 3. The highest BCUT2D eigenvalue weighted by atomic mass is 79.9. The highest BCUT2D eigenvalue weighted by Crippen LogP contribution is 2.42. The maximum Gasteiger partial charge on any atom is 0.246 e. The molecule has 160 valence electrons. The van der Waals surface area contributed by atoms with Gasteiger partial charge in [-0.05, 0) is 40.8 Å². The molecule has 2 aliphatic rings. The molecule has 2 aromatic carbocycles. The zero-order chi connectivity index (χ0) is 21.8. The van der Waals surface area contributed by atoms with Crippen LogP contribution in [0.5, 0.6) is 0 Å². The number of thiophene rings is 1. The second-order valence-corrected chi connectivity index (χ2v) is 10.3. The number of nitrogens with one attached hydrogen (secondary N) is 1. The number of nitrogens with zero attached hydrogens (tertiary/aromatic N) is 2. The van der Waals surface area contributed by atoms with Crippen molar-refractivity contribution >= 4 is 50.0 Å². The summed E-state index contributed by atoms with van der Waals surface area (Å²) in [5, 5.41) is 3.13. The highest BCUT2D eigenvalue weighted by molar-refractivity contribution is 9.10. The molecular weight excluding hydrogens is 486 g/mol. The van der Waals surface area contributed by atoms with Gasteiger partial charge in [0.1, 0.15) is 12.6 Å². The molecular formula is C25H20BrN3O2S. The number of para-hydroxylation sites is 1. The minimum absolute atomic E-state index is 0.0108. The molecule has 5 nitrogen and oxygen atoms in total. The van der Waals surface area contributed by atoms with Crippen molar-refractivity contribution in [2.75, 3.05) is 6.54 Å². The molecule has 1 fully saturated rings. The van der Waals surface area contributed by atoms with Crippen LogP contribution in [0.2, 0.25) is 0 Å². The van der Waals surface area contributed by atoms with E-state index in [-0.39, 0.29) is 24.4 Å². The summed E-state index contributed by atoms with van der Waals surface area (Å²) in [6.45, 7) is 0.589. The third-order valence-electron chi connectivity index (χ3n) is 6.45. The predicted octanol–water partition coefficient (Wildman–Crippen LogP) is 4.88. The Morgan fingerprint density at radius 3 is 2.62 bits per heavy atom. The molecule has 1 saturated heterocycles. The molecule has 2 aromatic heterocycles. The van der Waals surface area contributed by atoms with Crippen LogP contribution < -0.4 is 0 Å². The van der Waals surface area contributed by atoms with Gasteiger partial charge in [-0.15, -0.1) is 11.3 Å². The van der Waals surface area contributed by atoms with Crippen LogP contribution in [0.1, 0.15) is 27.7 Å². The minimum Gasteiger partial charge on any atom is -0.356 e. The fourth-order valence-corrected chi connectivity index (χ4v) is 6.02. The average Bonchev–Trinajstić information content (AvgIpc) is 3.44. The van der Waals surface area contributed by atoms with Crippen molar-refractivity contribution in [2.24, 2.45) is 0 Å².